The van der Waals surface area contributed by atoms with Crippen LogP contribution in [0.4, 0.5) is 10.5 Å². The number of alkyl carbamates (subject to hydrolysis) is 1. The third kappa shape index (κ3) is 4.27. The minimum Gasteiger partial charge on any atom is -0.444 e. The number of pyridine rings is 1. The number of amides is 1. The van der Waals surface area contributed by atoms with Crippen molar-refractivity contribution < 1.29 is 9.53 Å². The minimum atomic E-state index is -0.471. The van der Waals surface area contributed by atoms with Gasteiger partial charge in [-0.3, -0.25) is 0 Å². The summed E-state index contributed by atoms with van der Waals surface area (Å²) in [7, 11) is 0. The van der Waals surface area contributed by atoms with Crippen molar-refractivity contribution in [1.29, 1.82) is 0 Å². The van der Waals surface area contributed by atoms with Gasteiger partial charge in [-0.25, -0.2) is 9.78 Å². The van der Waals surface area contributed by atoms with E-state index in [-0.39, 0.29) is 12.1 Å². The molecule has 1 aliphatic rings. The number of anilines is 1. The van der Waals surface area contributed by atoms with Gasteiger partial charge in [0.25, 0.3) is 0 Å². The molecule has 1 saturated heterocycles. The molecule has 1 fully saturated rings. The van der Waals surface area contributed by atoms with Crippen LogP contribution in [0.25, 0.3) is 0 Å². The molecule has 20 heavy (non-hydrogen) atoms. The fraction of sp³-hybridized carbons (Fsp3) is 0.571. The average Bonchev–Trinajstić information content (AvgIpc) is 2.74. The van der Waals surface area contributed by atoms with Crippen LogP contribution in [-0.2, 0) is 4.74 Å². The number of hydrogen-bond donors (Lipinski definition) is 1. The summed E-state index contributed by atoms with van der Waals surface area (Å²) in [4.78, 5) is 17.9. The zero-order valence-corrected chi connectivity index (χ0v) is 12.8. The van der Waals surface area contributed by atoms with Gasteiger partial charge in [-0.05, 0) is 39.3 Å². The van der Waals surface area contributed by atoms with E-state index < -0.39 is 5.60 Å². The van der Waals surface area contributed by atoms with E-state index in [1.807, 2.05) is 32.9 Å². The molecule has 0 aliphatic carbocycles. The maximum absolute atomic E-state index is 11.7. The van der Waals surface area contributed by atoms with Gasteiger partial charge in [-0.1, -0.05) is 11.6 Å². The molecule has 1 aromatic rings. The Kier molecular flexibility index (Phi) is 4.38. The molecule has 1 atom stereocenters. The van der Waals surface area contributed by atoms with Crippen LogP contribution < -0.4 is 10.2 Å². The molecule has 1 aromatic heterocycles. The fourth-order valence-electron chi connectivity index (χ4n) is 2.18. The predicted octanol–water partition coefficient (Wildman–Crippen LogP) is 2.84. The van der Waals surface area contributed by atoms with Crippen molar-refractivity contribution in [2.75, 3.05) is 18.0 Å². The van der Waals surface area contributed by atoms with Gasteiger partial charge >= 0.3 is 6.09 Å². The third-order valence-corrected chi connectivity index (χ3v) is 3.19. The second-order valence-electron chi connectivity index (χ2n) is 5.91. The molecule has 1 N–H and O–H groups in total. The van der Waals surface area contributed by atoms with Crippen LogP contribution in [0.3, 0.4) is 0 Å². The van der Waals surface area contributed by atoms with Crippen molar-refractivity contribution in [2.24, 2.45) is 0 Å². The topological polar surface area (TPSA) is 54.5 Å². The second kappa shape index (κ2) is 5.87. The summed E-state index contributed by atoms with van der Waals surface area (Å²) in [6.07, 6.45) is 2.21. The summed E-state index contributed by atoms with van der Waals surface area (Å²) in [5.41, 5.74) is 0.555. The zero-order valence-electron chi connectivity index (χ0n) is 12.0. The Balaban J connectivity index is 1.88. The lowest BCUT2D eigenvalue weighted by Gasteiger charge is -2.22. The summed E-state index contributed by atoms with van der Waals surface area (Å²) in [6, 6.07) is 3.84. The second-order valence-corrected chi connectivity index (χ2v) is 6.30. The highest BCUT2D eigenvalue weighted by molar-refractivity contribution is 6.29. The van der Waals surface area contributed by atoms with Gasteiger partial charge in [-0.15, -0.1) is 0 Å². The van der Waals surface area contributed by atoms with Crippen molar-refractivity contribution in [3.8, 4) is 0 Å². The average molecular weight is 298 g/mol. The summed E-state index contributed by atoms with van der Waals surface area (Å²) >= 11 is 5.89. The molecule has 1 amide bonds. The molecule has 0 unspecified atom stereocenters. The highest BCUT2D eigenvalue weighted by atomic mass is 35.5. The molecular weight excluding hydrogens is 278 g/mol. The van der Waals surface area contributed by atoms with Crippen molar-refractivity contribution in [1.82, 2.24) is 10.3 Å². The van der Waals surface area contributed by atoms with E-state index in [1.165, 1.54) is 0 Å². The van der Waals surface area contributed by atoms with Crippen LogP contribution in [0.5, 0.6) is 0 Å². The number of rotatable bonds is 2. The summed E-state index contributed by atoms with van der Waals surface area (Å²) in [5, 5.41) is 3.38. The van der Waals surface area contributed by atoms with E-state index in [1.54, 1.807) is 6.20 Å². The number of nitrogens with one attached hydrogen (secondary N) is 1. The zero-order chi connectivity index (χ0) is 14.8. The number of hydrogen-bond acceptors (Lipinski definition) is 4. The maximum Gasteiger partial charge on any atom is 0.407 e. The first-order valence-electron chi connectivity index (χ1n) is 6.69. The lowest BCUT2D eigenvalue weighted by Crippen LogP contribution is -2.40. The van der Waals surface area contributed by atoms with E-state index in [0.29, 0.717) is 5.15 Å². The molecule has 0 radical (unpaired) electrons. The Bertz CT molecular complexity index is 488. The number of carbonyl (C=O) groups excluding carboxylic acids is 1. The number of ether oxygens (including phenoxy) is 1. The van der Waals surface area contributed by atoms with Crippen molar-refractivity contribution in [2.45, 2.75) is 38.8 Å². The Morgan fingerprint density at radius 2 is 2.30 bits per heavy atom. The van der Waals surface area contributed by atoms with Crippen LogP contribution >= 0.6 is 11.6 Å². The van der Waals surface area contributed by atoms with Gasteiger partial charge < -0.3 is 15.0 Å². The number of carbonyl (C=O) groups is 1. The van der Waals surface area contributed by atoms with Gasteiger partial charge in [0.05, 0.1) is 6.04 Å². The van der Waals surface area contributed by atoms with Gasteiger partial charge in [0.15, 0.2) is 0 Å². The third-order valence-electron chi connectivity index (χ3n) is 2.98. The highest BCUT2D eigenvalue weighted by Crippen LogP contribution is 2.22. The van der Waals surface area contributed by atoms with Crippen LogP contribution in [0.1, 0.15) is 27.2 Å². The van der Waals surface area contributed by atoms with Crippen LogP contribution in [-0.4, -0.2) is 35.8 Å². The highest BCUT2D eigenvalue weighted by Gasteiger charge is 2.26. The largest absolute Gasteiger partial charge is 0.444 e. The number of nitrogens with zero attached hydrogens (tertiary/aromatic N) is 2. The molecule has 2 heterocycles. The molecule has 0 saturated carbocycles. The lowest BCUT2D eigenvalue weighted by molar-refractivity contribution is 0.0509. The first-order chi connectivity index (χ1) is 9.33. The molecule has 0 spiro atoms. The lowest BCUT2D eigenvalue weighted by atomic mass is 10.2. The molecule has 6 heteroatoms. The maximum atomic E-state index is 11.7. The van der Waals surface area contributed by atoms with Gasteiger partial charge in [-0.2, -0.15) is 0 Å². The number of halogens is 1. The van der Waals surface area contributed by atoms with Gasteiger partial charge in [0, 0.05) is 25.0 Å². The first kappa shape index (κ1) is 14.9. The van der Waals surface area contributed by atoms with E-state index in [0.717, 1.165) is 25.2 Å². The molecule has 110 valence electrons. The molecule has 1 aliphatic heterocycles. The normalized spacial score (nSPS) is 19.0. The van der Waals surface area contributed by atoms with Crippen LogP contribution in [0.15, 0.2) is 18.3 Å². The van der Waals surface area contributed by atoms with E-state index >= 15 is 0 Å². The standard InChI is InChI=1S/C14H20ClN3O2/c1-14(2,3)20-13(19)17-10-5-7-18(9-10)11-4-6-16-12(15)8-11/h4,6,8,10H,5,7,9H2,1-3H3,(H,17,19)/t10-/m1/s1. The van der Waals surface area contributed by atoms with Crippen molar-refractivity contribution in [3.63, 3.8) is 0 Å². The predicted molar refractivity (Wildman–Crippen MR) is 79.2 cm³/mol. The van der Waals surface area contributed by atoms with E-state index in [2.05, 4.69) is 15.2 Å². The van der Waals surface area contributed by atoms with Gasteiger partial charge in [0.1, 0.15) is 10.8 Å². The minimum absolute atomic E-state index is 0.0943. The van der Waals surface area contributed by atoms with E-state index in [9.17, 15) is 4.79 Å². The molecule has 0 aromatic carbocycles. The first-order valence-corrected chi connectivity index (χ1v) is 7.07. The Morgan fingerprint density at radius 3 is 2.95 bits per heavy atom. The van der Waals surface area contributed by atoms with Crippen LogP contribution in [0.2, 0.25) is 5.15 Å². The molecule has 0 bridgehead atoms. The summed E-state index contributed by atoms with van der Waals surface area (Å²) < 4.78 is 5.26. The Hall–Kier alpha value is -1.49. The van der Waals surface area contributed by atoms with Crippen LogP contribution in [0, 0.1) is 0 Å². The summed E-state index contributed by atoms with van der Waals surface area (Å²) in [5.74, 6) is 0. The molecular formula is C14H20ClN3O2. The van der Waals surface area contributed by atoms with E-state index in [4.69, 9.17) is 16.3 Å². The Labute approximate surface area is 124 Å². The molecule has 5 nitrogen and oxygen atoms in total. The van der Waals surface area contributed by atoms with Crippen molar-refractivity contribution in [3.05, 3.63) is 23.5 Å². The SMILES string of the molecule is CC(C)(C)OC(=O)N[C@@H]1CCN(c2ccnc(Cl)c2)C1. The monoisotopic (exact) mass is 297 g/mol. The number of aromatic nitrogens is 1. The Morgan fingerprint density at radius 1 is 1.55 bits per heavy atom. The summed E-state index contributed by atoms with van der Waals surface area (Å²) in [6.45, 7) is 7.19. The quantitative estimate of drug-likeness (QED) is 0.853. The molecule has 2 rings (SSSR count). The van der Waals surface area contributed by atoms with Crippen molar-refractivity contribution >= 4 is 23.4 Å². The van der Waals surface area contributed by atoms with Gasteiger partial charge in [0.2, 0.25) is 0 Å². The smallest absolute Gasteiger partial charge is 0.407 e. The fourth-order valence-corrected chi connectivity index (χ4v) is 2.34.